The SMILES string of the molecule is Nc1ccc(S(=O)(=O)Cc2csc(N)n2)cc1. The van der Waals surface area contributed by atoms with Crippen LogP contribution >= 0.6 is 11.3 Å². The summed E-state index contributed by atoms with van der Waals surface area (Å²) in [7, 11) is -3.38. The summed E-state index contributed by atoms with van der Waals surface area (Å²) in [5.41, 5.74) is 11.9. The molecule has 7 heteroatoms. The summed E-state index contributed by atoms with van der Waals surface area (Å²) < 4.78 is 24.0. The van der Waals surface area contributed by atoms with Gasteiger partial charge in [0, 0.05) is 11.1 Å². The van der Waals surface area contributed by atoms with E-state index in [4.69, 9.17) is 11.5 Å². The molecule has 0 bridgehead atoms. The Morgan fingerprint density at radius 1 is 1.18 bits per heavy atom. The molecule has 0 spiro atoms. The molecular weight excluding hydrogens is 258 g/mol. The van der Waals surface area contributed by atoms with E-state index in [0.717, 1.165) is 0 Å². The summed E-state index contributed by atoms with van der Waals surface area (Å²) >= 11 is 1.22. The van der Waals surface area contributed by atoms with Crippen molar-refractivity contribution in [2.24, 2.45) is 0 Å². The zero-order chi connectivity index (χ0) is 12.5. The smallest absolute Gasteiger partial charge is 0.184 e. The van der Waals surface area contributed by atoms with E-state index in [9.17, 15) is 8.42 Å². The maximum atomic E-state index is 12.0. The van der Waals surface area contributed by atoms with Crippen LogP contribution in [0.4, 0.5) is 10.8 Å². The average Bonchev–Trinajstić information content (AvgIpc) is 2.63. The summed E-state index contributed by atoms with van der Waals surface area (Å²) in [6.07, 6.45) is 0. The number of benzene rings is 1. The van der Waals surface area contributed by atoms with Crippen molar-refractivity contribution in [2.75, 3.05) is 11.5 Å². The Hall–Kier alpha value is -1.60. The van der Waals surface area contributed by atoms with E-state index < -0.39 is 9.84 Å². The van der Waals surface area contributed by atoms with Crippen LogP contribution in [0.3, 0.4) is 0 Å². The van der Waals surface area contributed by atoms with Gasteiger partial charge in [0.2, 0.25) is 0 Å². The lowest BCUT2D eigenvalue weighted by molar-refractivity contribution is 0.595. The molecule has 0 aliphatic heterocycles. The summed E-state index contributed by atoms with van der Waals surface area (Å²) in [6.45, 7) is 0. The maximum absolute atomic E-state index is 12.0. The number of thiazole rings is 1. The van der Waals surface area contributed by atoms with Gasteiger partial charge in [-0.25, -0.2) is 13.4 Å². The molecule has 0 aliphatic carbocycles. The Balaban J connectivity index is 2.28. The van der Waals surface area contributed by atoms with E-state index in [-0.39, 0.29) is 10.6 Å². The molecule has 0 saturated carbocycles. The van der Waals surface area contributed by atoms with Crippen LogP contribution in [0.15, 0.2) is 34.5 Å². The molecule has 17 heavy (non-hydrogen) atoms. The number of hydrogen-bond donors (Lipinski definition) is 2. The van der Waals surface area contributed by atoms with Crippen LogP contribution in [0.25, 0.3) is 0 Å². The van der Waals surface area contributed by atoms with E-state index in [2.05, 4.69) is 4.98 Å². The van der Waals surface area contributed by atoms with Crippen LogP contribution in [0.1, 0.15) is 5.69 Å². The maximum Gasteiger partial charge on any atom is 0.184 e. The Kier molecular flexibility index (Phi) is 3.03. The zero-order valence-electron chi connectivity index (χ0n) is 8.83. The molecular formula is C10H11N3O2S2. The first-order chi connectivity index (χ1) is 7.97. The van der Waals surface area contributed by atoms with Gasteiger partial charge in [0.15, 0.2) is 15.0 Å². The molecule has 1 aromatic carbocycles. The lowest BCUT2D eigenvalue weighted by Crippen LogP contribution is -2.05. The highest BCUT2D eigenvalue weighted by Crippen LogP contribution is 2.19. The minimum Gasteiger partial charge on any atom is -0.399 e. The molecule has 1 heterocycles. The topological polar surface area (TPSA) is 99.1 Å². The lowest BCUT2D eigenvalue weighted by Gasteiger charge is -2.02. The van der Waals surface area contributed by atoms with Crippen molar-refractivity contribution in [2.45, 2.75) is 10.6 Å². The second kappa shape index (κ2) is 4.34. The molecule has 0 saturated heterocycles. The molecule has 2 rings (SSSR count). The van der Waals surface area contributed by atoms with Crippen LogP contribution < -0.4 is 11.5 Å². The third-order valence-corrected chi connectivity index (χ3v) is 4.54. The number of nitrogen functional groups attached to an aromatic ring is 2. The predicted molar refractivity (Wildman–Crippen MR) is 68.3 cm³/mol. The Bertz CT molecular complexity index is 617. The molecule has 0 unspecified atom stereocenters. The number of hydrogen-bond acceptors (Lipinski definition) is 6. The van der Waals surface area contributed by atoms with Gasteiger partial charge < -0.3 is 11.5 Å². The lowest BCUT2D eigenvalue weighted by atomic mass is 10.3. The van der Waals surface area contributed by atoms with Gasteiger partial charge in [-0.05, 0) is 24.3 Å². The Morgan fingerprint density at radius 3 is 2.35 bits per heavy atom. The fourth-order valence-electron chi connectivity index (χ4n) is 1.34. The zero-order valence-corrected chi connectivity index (χ0v) is 10.5. The van der Waals surface area contributed by atoms with Crippen LogP contribution in [0.5, 0.6) is 0 Å². The summed E-state index contributed by atoms with van der Waals surface area (Å²) in [4.78, 5) is 4.17. The van der Waals surface area contributed by atoms with Crippen molar-refractivity contribution in [3.63, 3.8) is 0 Å². The molecule has 4 N–H and O–H groups in total. The van der Waals surface area contributed by atoms with Crippen LogP contribution in [0, 0.1) is 0 Å². The van der Waals surface area contributed by atoms with E-state index in [1.165, 1.54) is 23.5 Å². The number of nitrogens with zero attached hydrogens (tertiary/aromatic N) is 1. The van der Waals surface area contributed by atoms with Crippen molar-refractivity contribution in [3.05, 3.63) is 35.3 Å². The number of rotatable bonds is 3. The van der Waals surface area contributed by atoms with Crippen molar-refractivity contribution >= 4 is 32.0 Å². The van der Waals surface area contributed by atoms with Crippen LogP contribution in [-0.2, 0) is 15.6 Å². The Morgan fingerprint density at radius 2 is 1.82 bits per heavy atom. The number of sulfone groups is 1. The predicted octanol–water partition coefficient (Wildman–Crippen LogP) is 1.28. The van der Waals surface area contributed by atoms with Crippen molar-refractivity contribution in [1.82, 2.24) is 4.98 Å². The molecule has 90 valence electrons. The molecule has 0 atom stereocenters. The van der Waals surface area contributed by atoms with E-state index in [1.807, 2.05) is 0 Å². The highest BCUT2D eigenvalue weighted by Gasteiger charge is 2.16. The van der Waals surface area contributed by atoms with Gasteiger partial charge in [-0.15, -0.1) is 11.3 Å². The minimum atomic E-state index is -3.38. The fourth-order valence-corrected chi connectivity index (χ4v) is 3.27. The highest BCUT2D eigenvalue weighted by atomic mass is 32.2. The van der Waals surface area contributed by atoms with Gasteiger partial charge >= 0.3 is 0 Å². The van der Waals surface area contributed by atoms with Gasteiger partial charge in [0.05, 0.1) is 16.3 Å². The van der Waals surface area contributed by atoms with Gasteiger partial charge in [-0.3, -0.25) is 0 Å². The number of anilines is 2. The largest absolute Gasteiger partial charge is 0.399 e. The number of nitrogens with two attached hydrogens (primary N) is 2. The average molecular weight is 269 g/mol. The monoisotopic (exact) mass is 269 g/mol. The first-order valence-corrected chi connectivity index (χ1v) is 7.29. The second-order valence-corrected chi connectivity index (χ2v) is 6.38. The highest BCUT2D eigenvalue weighted by molar-refractivity contribution is 7.90. The molecule has 0 aliphatic rings. The molecule has 2 aromatic rings. The van der Waals surface area contributed by atoms with Gasteiger partial charge in [0.25, 0.3) is 0 Å². The fraction of sp³-hybridized carbons (Fsp3) is 0.100. The van der Waals surface area contributed by atoms with Gasteiger partial charge in [-0.1, -0.05) is 0 Å². The standard InChI is InChI=1S/C10H11N3O2S2/c11-7-1-3-9(4-2-7)17(14,15)6-8-5-16-10(12)13-8/h1-5H,6,11H2,(H2,12,13). The Labute approximate surface area is 103 Å². The minimum absolute atomic E-state index is 0.148. The summed E-state index contributed by atoms with van der Waals surface area (Å²) in [6, 6.07) is 6.09. The molecule has 0 radical (unpaired) electrons. The normalized spacial score (nSPS) is 11.5. The van der Waals surface area contributed by atoms with E-state index >= 15 is 0 Å². The van der Waals surface area contributed by atoms with Crippen molar-refractivity contribution in [3.8, 4) is 0 Å². The molecule has 0 fully saturated rings. The number of aromatic nitrogens is 1. The van der Waals surface area contributed by atoms with Crippen LogP contribution in [-0.4, -0.2) is 13.4 Å². The van der Waals surface area contributed by atoms with Gasteiger partial charge in [0.1, 0.15) is 0 Å². The first-order valence-electron chi connectivity index (χ1n) is 4.75. The third kappa shape index (κ3) is 2.75. The quantitative estimate of drug-likeness (QED) is 0.818. The second-order valence-electron chi connectivity index (χ2n) is 3.51. The van der Waals surface area contributed by atoms with E-state index in [0.29, 0.717) is 16.5 Å². The summed E-state index contributed by atoms with van der Waals surface area (Å²) in [5.74, 6) is -0.148. The first kappa shape index (κ1) is 11.9. The molecule has 0 amide bonds. The molecule has 1 aromatic heterocycles. The summed E-state index contributed by atoms with van der Waals surface area (Å²) in [5, 5.41) is 2.01. The van der Waals surface area contributed by atoms with Crippen molar-refractivity contribution < 1.29 is 8.42 Å². The third-order valence-electron chi connectivity index (χ3n) is 2.15. The van der Waals surface area contributed by atoms with Crippen LogP contribution in [0.2, 0.25) is 0 Å². The van der Waals surface area contributed by atoms with E-state index in [1.54, 1.807) is 17.5 Å². The van der Waals surface area contributed by atoms with Gasteiger partial charge in [-0.2, -0.15) is 0 Å². The van der Waals surface area contributed by atoms with Crippen molar-refractivity contribution in [1.29, 1.82) is 0 Å². The molecule has 5 nitrogen and oxygen atoms in total.